The van der Waals surface area contributed by atoms with Gasteiger partial charge < -0.3 is 4.90 Å². The van der Waals surface area contributed by atoms with Crippen LogP contribution >= 0.6 is 0 Å². The fourth-order valence-corrected chi connectivity index (χ4v) is 2.08. The van der Waals surface area contributed by atoms with Gasteiger partial charge in [0.25, 0.3) is 0 Å². The van der Waals surface area contributed by atoms with E-state index in [0.717, 1.165) is 22.3 Å². The molecule has 3 nitrogen and oxygen atoms in total. The summed E-state index contributed by atoms with van der Waals surface area (Å²) in [6.07, 6.45) is 0. The lowest BCUT2D eigenvalue weighted by molar-refractivity contribution is 1.07. The molecule has 0 aromatic heterocycles. The molecule has 15 heavy (non-hydrogen) atoms. The van der Waals surface area contributed by atoms with Crippen molar-refractivity contribution in [2.24, 2.45) is 5.18 Å². The van der Waals surface area contributed by atoms with E-state index in [1.54, 1.807) is 0 Å². The topological polar surface area (TPSA) is 32.7 Å². The maximum atomic E-state index is 10.8. The molecule has 0 aliphatic rings. The Balaban J connectivity index is 3.66. The SMILES string of the molecule is Cc1c(C)c(N(C)C)c(C)c(C)c1N=O. The van der Waals surface area contributed by atoms with Crippen molar-refractivity contribution in [1.29, 1.82) is 0 Å². The van der Waals surface area contributed by atoms with E-state index in [0.29, 0.717) is 5.69 Å². The summed E-state index contributed by atoms with van der Waals surface area (Å²) in [7, 11) is 4.03. The van der Waals surface area contributed by atoms with Gasteiger partial charge in [0.15, 0.2) is 0 Å². The van der Waals surface area contributed by atoms with Crippen LogP contribution < -0.4 is 4.90 Å². The molecule has 0 radical (unpaired) electrons. The molecular formula is C12H18N2O. The van der Waals surface area contributed by atoms with Gasteiger partial charge in [-0.2, -0.15) is 0 Å². The molecule has 0 saturated carbocycles. The third-order valence-corrected chi connectivity index (χ3v) is 3.08. The first-order valence-electron chi connectivity index (χ1n) is 5.02. The highest BCUT2D eigenvalue weighted by Gasteiger charge is 2.15. The first kappa shape index (κ1) is 11.7. The molecule has 1 rings (SSSR count). The van der Waals surface area contributed by atoms with Crippen molar-refractivity contribution in [3.05, 3.63) is 27.2 Å². The molecule has 3 heteroatoms. The highest BCUT2D eigenvalue weighted by Crippen LogP contribution is 2.36. The number of rotatable bonds is 2. The van der Waals surface area contributed by atoms with E-state index in [2.05, 4.69) is 10.1 Å². The Bertz CT molecular complexity index is 380. The van der Waals surface area contributed by atoms with Crippen LogP contribution in [0.15, 0.2) is 5.18 Å². The van der Waals surface area contributed by atoms with Crippen molar-refractivity contribution in [2.75, 3.05) is 19.0 Å². The largest absolute Gasteiger partial charge is 0.377 e. The summed E-state index contributed by atoms with van der Waals surface area (Å²) in [5.74, 6) is 0. The molecule has 0 N–H and O–H groups in total. The highest BCUT2D eigenvalue weighted by molar-refractivity contribution is 5.71. The van der Waals surface area contributed by atoms with Gasteiger partial charge in [0, 0.05) is 19.8 Å². The van der Waals surface area contributed by atoms with Crippen molar-refractivity contribution >= 4 is 11.4 Å². The van der Waals surface area contributed by atoms with E-state index in [1.807, 2.05) is 41.8 Å². The Morgan fingerprint density at radius 3 is 1.53 bits per heavy atom. The Morgan fingerprint density at radius 2 is 1.27 bits per heavy atom. The maximum absolute atomic E-state index is 10.8. The summed E-state index contributed by atoms with van der Waals surface area (Å²) in [6, 6.07) is 0. The van der Waals surface area contributed by atoms with Gasteiger partial charge in [0.2, 0.25) is 0 Å². The van der Waals surface area contributed by atoms with Crippen molar-refractivity contribution in [1.82, 2.24) is 0 Å². The van der Waals surface area contributed by atoms with Gasteiger partial charge in [-0.15, -0.1) is 4.91 Å². The molecule has 0 unspecified atom stereocenters. The molecule has 0 atom stereocenters. The van der Waals surface area contributed by atoms with Crippen LogP contribution in [0.25, 0.3) is 0 Å². The van der Waals surface area contributed by atoms with E-state index >= 15 is 0 Å². The molecule has 0 aliphatic heterocycles. The zero-order chi connectivity index (χ0) is 11.7. The third-order valence-electron chi connectivity index (χ3n) is 3.08. The van der Waals surface area contributed by atoms with Gasteiger partial charge in [-0.1, -0.05) is 0 Å². The van der Waals surface area contributed by atoms with Crippen LogP contribution in [0.5, 0.6) is 0 Å². The summed E-state index contributed by atoms with van der Waals surface area (Å²) in [6.45, 7) is 7.97. The molecule has 1 aromatic rings. The molecule has 0 bridgehead atoms. The Labute approximate surface area is 91.1 Å². The Kier molecular flexibility index (Phi) is 3.12. The second kappa shape index (κ2) is 4.01. The number of nitroso groups, excluding NO2 is 1. The number of benzene rings is 1. The average molecular weight is 206 g/mol. The Hall–Kier alpha value is -1.38. The molecule has 0 amide bonds. The van der Waals surface area contributed by atoms with E-state index in [9.17, 15) is 4.91 Å². The molecule has 0 heterocycles. The van der Waals surface area contributed by atoms with Gasteiger partial charge in [-0.3, -0.25) is 0 Å². The fourth-order valence-electron chi connectivity index (χ4n) is 2.08. The van der Waals surface area contributed by atoms with Crippen LogP contribution in [0.4, 0.5) is 11.4 Å². The summed E-state index contributed by atoms with van der Waals surface area (Å²) in [4.78, 5) is 12.9. The fraction of sp³-hybridized carbons (Fsp3) is 0.500. The minimum Gasteiger partial charge on any atom is -0.377 e. The summed E-state index contributed by atoms with van der Waals surface area (Å²) < 4.78 is 0. The average Bonchev–Trinajstić information content (AvgIpc) is 2.16. The summed E-state index contributed by atoms with van der Waals surface area (Å²) >= 11 is 0. The molecule has 0 aliphatic carbocycles. The molecule has 1 aromatic carbocycles. The quantitative estimate of drug-likeness (QED) is 0.695. The zero-order valence-corrected chi connectivity index (χ0v) is 10.3. The zero-order valence-electron chi connectivity index (χ0n) is 10.3. The molecule has 0 saturated heterocycles. The number of hydrogen-bond acceptors (Lipinski definition) is 3. The van der Waals surface area contributed by atoms with E-state index in [4.69, 9.17) is 0 Å². The molecule has 82 valence electrons. The van der Waals surface area contributed by atoms with Crippen LogP contribution in [-0.4, -0.2) is 14.1 Å². The monoisotopic (exact) mass is 206 g/mol. The smallest absolute Gasteiger partial charge is 0.114 e. The van der Waals surface area contributed by atoms with Crippen molar-refractivity contribution in [3.8, 4) is 0 Å². The lowest BCUT2D eigenvalue weighted by Gasteiger charge is -2.22. The number of nitrogens with zero attached hydrogens (tertiary/aromatic N) is 2. The van der Waals surface area contributed by atoms with E-state index < -0.39 is 0 Å². The summed E-state index contributed by atoms with van der Waals surface area (Å²) in [5, 5.41) is 3.12. The van der Waals surface area contributed by atoms with E-state index in [-0.39, 0.29) is 0 Å². The van der Waals surface area contributed by atoms with Gasteiger partial charge in [-0.25, -0.2) is 0 Å². The minimum absolute atomic E-state index is 0.593. The lowest BCUT2D eigenvalue weighted by atomic mass is 9.96. The van der Waals surface area contributed by atoms with Crippen molar-refractivity contribution in [3.63, 3.8) is 0 Å². The van der Waals surface area contributed by atoms with Gasteiger partial charge >= 0.3 is 0 Å². The Morgan fingerprint density at radius 1 is 0.867 bits per heavy atom. The molecular weight excluding hydrogens is 188 g/mol. The second-order valence-corrected chi connectivity index (χ2v) is 4.18. The highest BCUT2D eigenvalue weighted by atomic mass is 16.3. The van der Waals surface area contributed by atoms with Crippen molar-refractivity contribution < 1.29 is 0 Å². The van der Waals surface area contributed by atoms with Crippen LogP contribution in [0, 0.1) is 32.6 Å². The first-order valence-corrected chi connectivity index (χ1v) is 5.02. The van der Waals surface area contributed by atoms with Crippen molar-refractivity contribution in [2.45, 2.75) is 27.7 Å². The van der Waals surface area contributed by atoms with Gasteiger partial charge in [0.05, 0.1) is 0 Å². The maximum Gasteiger partial charge on any atom is 0.114 e. The van der Waals surface area contributed by atoms with Crippen LogP contribution in [0.3, 0.4) is 0 Å². The molecule has 0 fully saturated rings. The minimum atomic E-state index is 0.593. The molecule has 0 spiro atoms. The first-order chi connectivity index (χ1) is 6.91. The predicted molar refractivity (Wildman–Crippen MR) is 65.2 cm³/mol. The normalized spacial score (nSPS) is 10.3. The predicted octanol–water partition coefficient (Wildman–Crippen LogP) is 3.38. The third kappa shape index (κ3) is 1.74. The number of hydrogen-bond donors (Lipinski definition) is 0. The summed E-state index contributed by atoms with van der Waals surface area (Å²) in [5.41, 5.74) is 6.03. The van der Waals surface area contributed by atoms with Crippen LogP contribution in [0.2, 0.25) is 0 Å². The van der Waals surface area contributed by atoms with Gasteiger partial charge in [-0.05, 0) is 55.1 Å². The van der Waals surface area contributed by atoms with E-state index in [1.165, 1.54) is 5.69 Å². The van der Waals surface area contributed by atoms with Gasteiger partial charge in [0.1, 0.15) is 5.69 Å². The van der Waals surface area contributed by atoms with Crippen LogP contribution in [-0.2, 0) is 0 Å². The number of anilines is 1. The standard InChI is InChI=1S/C12H18N2O/c1-7-9(3)12(14(5)6)10(4)8(2)11(7)13-15/h1-6H3. The lowest BCUT2D eigenvalue weighted by Crippen LogP contribution is -2.13. The van der Waals surface area contributed by atoms with Crippen LogP contribution in [0.1, 0.15) is 22.3 Å². The second-order valence-electron chi connectivity index (χ2n) is 4.18.